The molecule has 4 atom stereocenters. The Kier molecular flexibility index (Phi) is 8.29. The van der Waals surface area contributed by atoms with Crippen LogP contribution in [0.2, 0.25) is 0 Å². The lowest BCUT2D eigenvalue weighted by Crippen LogP contribution is -2.55. The summed E-state index contributed by atoms with van der Waals surface area (Å²) in [4.78, 5) is 34.3. The first-order chi connectivity index (χ1) is 16.5. The summed E-state index contributed by atoms with van der Waals surface area (Å²) in [5.74, 6) is -0.676. The van der Waals surface area contributed by atoms with Crippen LogP contribution in [0.5, 0.6) is 0 Å². The molecular weight excluding hydrogens is 431 g/mol. The number of nitrogens with zero attached hydrogens (tertiary/aromatic N) is 2. The van der Waals surface area contributed by atoms with Gasteiger partial charge in [-0.05, 0) is 30.7 Å². The summed E-state index contributed by atoms with van der Waals surface area (Å²) < 4.78 is 12.5. The molecule has 9 heteroatoms. The number of amides is 2. The summed E-state index contributed by atoms with van der Waals surface area (Å²) in [5.41, 5.74) is 1.11. The molecule has 1 saturated heterocycles. The highest BCUT2D eigenvalue weighted by molar-refractivity contribution is 6.47. The first-order valence-electron chi connectivity index (χ1n) is 12.2. The van der Waals surface area contributed by atoms with Gasteiger partial charge in [0, 0.05) is 18.8 Å². The second-order valence-electron chi connectivity index (χ2n) is 9.55. The van der Waals surface area contributed by atoms with Crippen LogP contribution in [0.3, 0.4) is 0 Å². The molecule has 4 unspecified atom stereocenters. The van der Waals surface area contributed by atoms with E-state index in [1.165, 1.54) is 18.6 Å². The highest BCUT2D eigenvalue weighted by atomic mass is 16.7. The Balaban J connectivity index is 1.49. The smallest absolute Gasteiger partial charge is 0.404 e. The maximum atomic E-state index is 13.5. The molecule has 1 aliphatic heterocycles. The minimum absolute atomic E-state index is 0.0989. The predicted molar refractivity (Wildman–Crippen MR) is 129 cm³/mol. The van der Waals surface area contributed by atoms with Gasteiger partial charge in [0.25, 0.3) is 5.91 Å². The van der Waals surface area contributed by atoms with Gasteiger partial charge in [0.15, 0.2) is 0 Å². The number of benzene rings is 1. The Labute approximate surface area is 201 Å². The normalized spacial score (nSPS) is 21.6. The van der Waals surface area contributed by atoms with Crippen molar-refractivity contribution in [3.63, 3.8) is 0 Å². The maximum Gasteiger partial charge on any atom is 0.481 e. The standard InChI is InChI=1S/C25H33BN4O4/c1-17(2)14-23(26-33-21-10-6-7-11-22(21)34-26)30-24(31)19(15-18-8-4-3-5-9-18)29-25(32)20-16-27-12-13-28-20/h3-5,8-9,12-13,16-17,19,21-23H,6-7,10-11,14-15H2,1-2H3,(H,29,32)(H,30,31). The number of fused-ring (bicyclic) bond motifs is 1. The second-order valence-corrected chi connectivity index (χ2v) is 9.55. The molecule has 4 rings (SSSR count). The molecule has 1 aromatic heterocycles. The van der Waals surface area contributed by atoms with Crippen molar-refractivity contribution in [3.05, 3.63) is 60.2 Å². The molecule has 1 aromatic carbocycles. The molecule has 0 spiro atoms. The number of carbonyl (C=O) groups is 2. The minimum atomic E-state index is -0.782. The Morgan fingerprint density at radius 1 is 1.06 bits per heavy atom. The third-order valence-electron chi connectivity index (χ3n) is 6.34. The zero-order valence-corrected chi connectivity index (χ0v) is 19.9. The SMILES string of the molecule is CC(C)CC(NC(=O)C(Cc1ccccc1)NC(=O)c1cnccn1)B1OC2CCCCC2O1. The number of carbonyl (C=O) groups excluding carboxylic acids is 2. The fourth-order valence-electron chi connectivity index (χ4n) is 4.68. The van der Waals surface area contributed by atoms with Crippen molar-refractivity contribution < 1.29 is 18.9 Å². The van der Waals surface area contributed by atoms with Gasteiger partial charge in [0.05, 0.1) is 24.3 Å². The summed E-state index contributed by atoms with van der Waals surface area (Å²) in [7, 11) is -0.479. The van der Waals surface area contributed by atoms with Crippen molar-refractivity contribution in [1.82, 2.24) is 20.6 Å². The van der Waals surface area contributed by atoms with Crippen LogP contribution >= 0.6 is 0 Å². The van der Waals surface area contributed by atoms with E-state index in [1.807, 2.05) is 30.3 Å². The Hall–Kier alpha value is -2.78. The topological polar surface area (TPSA) is 102 Å². The van der Waals surface area contributed by atoms with E-state index in [-0.39, 0.29) is 29.8 Å². The Morgan fingerprint density at radius 2 is 1.76 bits per heavy atom. The van der Waals surface area contributed by atoms with Crippen LogP contribution in [-0.4, -0.2) is 53.1 Å². The van der Waals surface area contributed by atoms with Gasteiger partial charge in [-0.3, -0.25) is 14.6 Å². The highest BCUT2D eigenvalue weighted by Crippen LogP contribution is 2.31. The van der Waals surface area contributed by atoms with E-state index >= 15 is 0 Å². The predicted octanol–water partition coefficient (Wildman–Crippen LogP) is 2.73. The van der Waals surface area contributed by atoms with Crippen LogP contribution < -0.4 is 10.6 Å². The minimum Gasteiger partial charge on any atom is -0.404 e. The average Bonchev–Trinajstić information content (AvgIpc) is 3.28. The number of nitrogens with one attached hydrogen (secondary N) is 2. The molecule has 0 radical (unpaired) electrons. The van der Waals surface area contributed by atoms with Crippen LogP contribution in [-0.2, 0) is 20.5 Å². The highest BCUT2D eigenvalue weighted by Gasteiger charge is 2.46. The molecule has 2 amide bonds. The third-order valence-corrected chi connectivity index (χ3v) is 6.34. The molecule has 34 heavy (non-hydrogen) atoms. The fraction of sp³-hybridized carbons (Fsp3) is 0.520. The van der Waals surface area contributed by atoms with Gasteiger partial charge in [0.1, 0.15) is 11.7 Å². The molecule has 180 valence electrons. The van der Waals surface area contributed by atoms with Gasteiger partial charge >= 0.3 is 7.12 Å². The van der Waals surface area contributed by atoms with Gasteiger partial charge in [-0.2, -0.15) is 0 Å². The van der Waals surface area contributed by atoms with E-state index in [2.05, 4.69) is 34.4 Å². The van der Waals surface area contributed by atoms with Gasteiger partial charge in [-0.1, -0.05) is 57.0 Å². The van der Waals surface area contributed by atoms with E-state index in [9.17, 15) is 9.59 Å². The summed E-state index contributed by atoms with van der Waals surface area (Å²) in [6.45, 7) is 4.22. The van der Waals surface area contributed by atoms with E-state index in [0.29, 0.717) is 18.8 Å². The lowest BCUT2D eigenvalue weighted by atomic mass is 9.74. The summed E-state index contributed by atoms with van der Waals surface area (Å²) in [5, 5.41) is 5.98. The number of rotatable bonds is 9. The van der Waals surface area contributed by atoms with Gasteiger partial charge in [0.2, 0.25) is 5.91 Å². The summed E-state index contributed by atoms with van der Waals surface area (Å²) in [6.07, 6.45) is 9.88. The van der Waals surface area contributed by atoms with Crippen molar-refractivity contribution in [2.75, 3.05) is 0 Å². The zero-order chi connectivity index (χ0) is 23.9. The molecule has 0 bridgehead atoms. The van der Waals surface area contributed by atoms with Gasteiger partial charge in [-0.25, -0.2) is 4.98 Å². The molecule has 2 N–H and O–H groups in total. The number of aromatic nitrogens is 2. The molecule has 2 heterocycles. The molecule has 2 aliphatic rings. The Bertz CT molecular complexity index is 932. The van der Waals surface area contributed by atoms with Crippen molar-refractivity contribution in [1.29, 1.82) is 0 Å². The maximum absolute atomic E-state index is 13.5. The quantitative estimate of drug-likeness (QED) is 0.554. The molecule has 1 aliphatic carbocycles. The van der Waals surface area contributed by atoms with Crippen molar-refractivity contribution in [2.24, 2.45) is 5.92 Å². The van der Waals surface area contributed by atoms with E-state index in [0.717, 1.165) is 31.2 Å². The Morgan fingerprint density at radius 3 is 2.38 bits per heavy atom. The van der Waals surface area contributed by atoms with Gasteiger partial charge < -0.3 is 19.9 Å². The first-order valence-corrected chi connectivity index (χ1v) is 12.2. The molecule has 1 saturated carbocycles. The molecule has 2 fully saturated rings. The molecule has 8 nitrogen and oxygen atoms in total. The lowest BCUT2D eigenvalue weighted by molar-refractivity contribution is -0.123. The monoisotopic (exact) mass is 464 g/mol. The van der Waals surface area contributed by atoms with Crippen molar-refractivity contribution >= 4 is 18.9 Å². The van der Waals surface area contributed by atoms with E-state index < -0.39 is 19.1 Å². The van der Waals surface area contributed by atoms with Crippen LogP contribution in [0.25, 0.3) is 0 Å². The number of hydrogen-bond donors (Lipinski definition) is 2. The van der Waals surface area contributed by atoms with Crippen LogP contribution in [0.15, 0.2) is 48.9 Å². The second kappa shape index (κ2) is 11.6. The first kappa shape index (κ1) is 24.4. The lowest BCUT2D eigenvalue weighted by Gasteiger charge is -2.26. The molecular formula is C25H33BN4O4. The van der Waals surface area contributed by atoms with Crippen LogP contribution in [0.1, 0.15) is 62.0 Å². The van der Waals surface area contributed by atoms with E-state index in [1.54, 1.807) is 0 Å². The van der Waals surface area contributed by atoms with Gasteiger partial charge in [-0.15, -0.1) is 0 Å². The van der Waals surface area contributed by atoms with Crippen molar-refractivity contribution in [2.45, 2.75) is 76.6 Å². The van der Waals surface area contributed by atoms with E-state index in [4.69, 9.17) is 9.31 Å². The summed E-state index contributed by atoms with van der Waals surface area (Å²) in [6, 6.07) is 8.85. The third kappa shape index (κ3) is 6.42. The number of hydrogen-bond acceptors (Lipinski definition) is 6. The zero-order valence-electron chi connectivity index (χ0n) is 19.9. The van der Waals surface area contributed by atoms with Crippen molar-refractivity contribution in [3.8, 4) is 0 Å². The average molecular weight is 464 g/mol. The summed E-state index contributed by atoms with van der Waals surface area (Å²) >= 11 is 0. The van der Waals surface area contributed by atoms with Crippen LogP contribution in [0, 0.1) is 5.92 Å². The largest absolute Gasteiger partial charge is 0.481 e. The van der Waals surface area contributed by atoms with Crippen LogP contribution in [0.4, 0.5) is 0 Å². The fourth-order valence-corrected chi connectivity index (χ4v) is 4.68. The molecule has 2 aromatic rings.